The molecule has 7 heteroatoms. The molecule has 0 unspecified atom stereocenters. The summed E-state index contributed by atoms with van der Waals surface area (Å²) in [7, 11) is 0. The van der Waals surface area contributed by atoms with Gasteiger partial charge in [0, 0.05) is 46.9 Å². The van der Waals surface area contributed by atoms with Crippen molar-refractivity contribution >= 4 is 23.8 Å². The second kappa shape index (κ2) is 8.34. The Morgan fingerprint density at radius 1 is 1.03 bits per heavy atom. The Bertz CT molecular complexity index is 1180. The fourth-order valence-electron chi connectivity index (χ4n) is 3.72. The number of pyridine rings is 2. The van der Waals surface area contributed by atoms with Crippen LogP contribution in [0, 0.1) is 10.8 Å². The van der Waals surface area contributed by atoms with Gasteiger partial charge in [0.1, 0.15) is 11.5 Å². The lowest BCUT2D eigenvalue weighted by Gasteiger charge is -2.19. The Kier molecular flexibility index (Phi) is 5.23. The first-order chi connectivity index (χ1) is 15.6. The van der Waals surface area contributed by atoms with Gasteiger partial charge in [-0.2, -0.15) is 0 Å². The molecular weight excluding hydrogens is 400 g/mol. The van der Waals surface area contributed by atoms with Crippen LogP contribution in [-0.2, 0) is 0 Å². The highest BCUT2D eigenvalue weighted by Crippen LogP contribution is 2.39. The lowest BCUT2D eigenvalue weighted by molar-refractivity contribution is 0.102. The van der Waals surface area contributed by atoms with E-state index in [4.69, 9.17) is 10.8 Å². The lowest BCUT2D eigenvalue weighted by atomic mass is 10.1. The largest absolute Gasteiger partial charge is 0.321 e. The third-order valence-electron chi connectivity index (χ3n) is 5.84. The van der Waals surface area contributed by atoms with Crippen molar-refractivity contribution in [2.45, 2.75) is 37.6 Å². The van der Waals surface area contributed by atoms with E-state index < -0.39 is 0 Å². The van der Waals surface area contributed by atoms with Crippen molar-refractivity contribution in [1.29, 1.82) is 10.8 Å². The minimum Gasteiger partial charge on any atom is -0.321 e. The number of nitrogens with zero attached hydrogens (tertiary/aromatic N) is 3. The molecule has 0 aliphatic heterocycles. The number of carbonyl (C=O) groups is 1. The number of benzene rings is 1. The summed E-state index contributed by atoms with van der Waals surface area (Å²) in [6.07, 6.45) is 9.10. The number of anilines is 1. The molecule has 3 N–H and O–H groups in total. The smallest absolute Gasteiger partial charge is 0.274 e. The van der Waals surface area contributed by atoms with E-state index in [-0.39, 0.29) is 17.8 Å². The van der Waals surface area contributed by atoms with Crippen LogP contribution in [0.2, 0.25) is 0 Å². The molecule has 2 aliphatic rings. The van der Waals surface area contributed by atoms with Crippen molar-refractivity contribution in [1.82, 2.24) is 14.9 Å². The topological polar surface area (TPSA) is 106 Å². The molecule has 5 rings (SSSR count). The molecule has 3 aromatic rings. The quantitative estimate of drug-likeness (QED) is 0.378. The predicted molar refractivity (Wildman–Crippen MR) is 124 cm³/mol. The second-order valence-corrected chi connectivity index (χ2v) is 8.33. The van der Waals surface area contributed by atoms with E-state index in [1.807, 2.05) is 24.4 Å². The molecular formula is C25H24N6O. The summed E-state index contributed by atoms with van der Waals surface area (Å²) in [5.41, 5.74) is 4.53. The van der Waals surface area contributed by atoms with Gasteiger partial charge in [0.05, 0.1) is 6.34 Å². The summed E-state index contributed by atoms with van der Waals surface area (Å²) < 4.78 is 0. The fraction of sp³-hybridized carbons (Fsp3) is 0.240. The van der Waals surface area contributed by atoms with Crippen LogP contribution in [0.4, 0.5) is 5.69 Å². The summed E-state index contributed by atoms with van der Waals surface area (Å²) in [4.78, 5) is 23.3. The standard InChI is InChI=1S/C25H24N6O/c26-15-31(21-7-8-21)24(27)18-2-1-3-20(12-18)30-25(32)23-13-17(10-11-28-23)19-6-9-22(29-14-19)16-4-5-16/h1-3,6,9-16,21,26-27H,4-5,7-8H2,(H,30,32). The Hall–Kier alpha value is -3.87. The van der Waals surface area contributed by atoms with Crippen LogP contribution in [0.1, 0.15) is 53.3 Å². The maximum Gasteiger partial charge on any atom is 0.274 e. The molecule has 1 amide bonds. The molecule has 7 nitrogen and oxygen atoms in total. The Balaban J connectivity index is 1.31. The summed E-state index contributed by atoms with van der Waals surface area (Å²) in [5, 5.41) is 18.9. The molecule has 2 aliphatic carbocycles. The third kappa shape index (κ3) is 4.27. The first-order valence-electron chi connectivity index (χ1n) is 10.8. The van der Waals surface area contributed by atoms with Gasteiger partial charge >= 0.3 is 0 Å². The summed E-state index contributed by atoms with van der Waals surface area (Å²) >= 11 is 0. The molecule has 0 spiro atoms. The van der Waals surface area contributed by atoms with Crippen LogP contribution >= 0.6 is 0 Å². The second-order valence-electron chi connectivity index (χ2n) is 8.33. The molecule has 160 valence electrons. The number of amidine groups is 1. The molecule has 2 heterocycles. The number of nitrogens with one attached hydrogen (secondary N) is 3. The van der Waals surface area contributed by atoms with Gasteiger partial charge in [-0.25, -0.2) is 0 Å². The average molecular weight is 425 g/mol. The molecule has 0 radical (unpaired) electrons. The normalized spacial score (nSPS) is 15.1. The van der Waals surface area contributed by atoms with Gasteiger partial charge in [-0.05, 0) is 61.6 Å². The number of carbonyl (C=O) groups excluding carboxylic acids is 1. The van der Waals surface area contributed by atoms with Crippen LogP contribution in [-0.4, -0.2) is 39.0 Å². The minimum absolute atomic E-state index is 0.234. The molecule has 1 aromatic carbocycles. The van der Waals surface area contributed by atoms with E-state index in [1.165, 1.54) is 19.2 Å². The van der Waals surface area contributed by atoms with Gasteiger partial charge < -0.3 is 10.2 Å². The van der Waals surface area contributed by atoms with Crippen LogP contribution < -0.4 is 5.32 Å². The van der Waals surface area contributed by atoms with Gasteiger partial charge in [-0.3, -0.25) is 25.6 Å². The summed E-state index contributed by atoms with van der Waals surface area (Å²) in [6.45, 7) is 0. The van der Waals surface area contributed by atoms with E-state index in [9.17, 15) is 4.79 Å². The molecule has 0 atom stereocenters. The molecule has 0 saturated heterocycles. The average Bonchev–Trinajstić information content (AvgIpc) is 3.74. The number of hydrogen-bond donors (Lipinski definition) is 3. The van der Waals surface area contributed by atoms with Crippen molar-refractivity contribution in [2.75, 3.05) is 5.32 Å². The number of aromatic nitrogens is 2. The summed E-state index contributed by atoms with van der Waals surface area (Å²) in [5.74, 6) is 0.556. The SMILES string of the molecule is N=CN(C(=N)c1cccc(NC(=O)c2cc(-c3ccc(C4CC4)nc3)ccn2)c1)C1CC1. The van der Waals surface area contributed by atoms with Gasteiger partial charge in [-0.15, -0.1) is 0 Å². The predicted octanol–water partition coefficient (Wildman–Crippen LogP) is 4.67. The van der Waals surface area contributed by atoms with E-state index in [1.54, 1.807) is 35.4 Å². The van der Waals surface area contributed by atoms with Crippen LogP contribution in [0.5, 0.6) is 0 Å². The third-order valence-corrected chi connectivity index (χ3v) is 5.84. The highest BCUT2D eigenvalue weighted by atomic mass is 16.1. The van der Waals surface area contributed by atoms with Crippen LogP contribution in [0.3, 0.4) is 0 Å². The van der Waals surface area contributed by atoms with Crippen molar-refractivity contribution < 1.29 is 4.79 Å². The zero-order valence-corrected chi connectivity index (χ0v) is 17.6. The maximum atomic E-state index is 12.8. The number of hydrogen-bond acceptors (Lipinski definition) is 5. The summed E-state index contributed by atoms with van der Waals surface area (Å²) in [6, 6.07) is 15.1. The molecule has 2 saturated carbocycles. The van der Waals surface area contributed by atoms with Crippen molar-refractivity contribution in [3.8, 4) is 11.1 Å². The number of amides is 1. The highest BCUT2D eigenvalue weighted by Gasteiger charge is 2.30. The van der Waals surface area contributed by atoms with Crippen LogP contribution in [0.15, 0.2) is 60.9 Å². The van der Waals surface area contributed by atoms with Crippen molar-refractivity contribution in [3.05, 3.63) is 77.9 Å². The van der Waals surface area contributed by atoms with E-state index in [2.05, 4.69) is 21.4 Å². The van der Waals surface area contributed by atoms with Gasteiger partial charge in [0.2, 0.25) is 0 Å². The first kappa shape index (κ1) is 20.1. The zero-order chi connectivity index (χ0) is 22.1. The maximum absolute atomic E-state index is 12.8. The first-order valence-corrected chi connectivity index (χ1v) is 10.8. The van der Waals surface area contributed by atoms with Gasteiger partial charge in [-0.1, -0.05) is 18.2 Å². The lowest BCUT2D eigenvalue weighted by Crippen LogP contribution is -2.31. The molecule has 0 bridgehead atoms. The van der Waals surface area contributed by atoms with E-state index in [0.29, 0.717) is 22.9 Å². The number of rotatable bonds is 7. The Morgan fingerprint density at radius 3 is 2.56 bits per heavy atom. The highest BCUT2D eigenvalue weighted by molar-refractivity contribution is 6.06. The Morgan fingerprint density at radius 2 is 1.88 bits per heavy atom. The molecule has 32 heavy (non-hydrogen) atoms. The zero-order valence-electron chi connectivity index (χ0n) is 17.6. The fourth-order valence-corrected chi connectivity index (χ4v) is 3.72. The monoisotopic (exact) mass is 424 g/mol. The van der Waals surface area contributed by atoms with Gasteiger partial charge in [0.15, 0.2) is 0 Å². The van der Waals surface area contributed by atoms with Gasteiger partial charge in [0.25, 0.3) is 5.91 Å². The van der Waals surface area contributed by atoms with Crippen molar-refractivity contribution in [2.24, 2.45) is 0 Å². The van der Waals surface area contributed by atoms with Crippen LogP contribution in [0.25, 0.3) is 11.1 Å². The minimum atomic E-state index is -0.316. The van der Waals surface area contributed by atoms with E-state index >= 15 is 0 Å². The molecule has 2 aromatic heterocycles. The Labute approximate surface area is 186 Å². The van der Waals surface area contributed by atoms with Crippen molar-refractivity contribution in [3.63, 3.8) is 0 Å². The molecule has 2 fully saturated rings. The van der Waals surface area contributed by atoms with E-state index in [0.717, 1.165) is 29.7 Å².